The van der Waals surface area contributed by atoms with Gasteiger partial charge < -0.3 is 19.3 Å². The van der Waals surface area contributed by atoms with Gasteiger partial charge in [-0.25, -0.2) is 0 Å². The van der Waals surface area contributed by atoms with Crippen LogP contribution in [0, 0.1) is 0 Å². The molecule has 1 aliphatic carbocycles. The number of rotatable bonds is 1. The van der Waals surface area contributed by atoms with Gasteiger partial charge in [0.1, 0.15) is 0 Å². The summed E-state index contributed by atoms with van der Waals surface area (Å²) in [4.78, 5) is 2.38. The first-order chi connectivity index (χ1) is 10.7. The molecule has 3 heterocycles. The van der Waals surface area contributed by atoms with Crippen molar-refractivity contribution >= 4 is 0 Å². The van der Waals surface area contributed by atoms with Gasteiger partial charge in [0, 0.05) is 26.2 Å². The van der Waals surface area contributed by atoms with Crippen molar-refractivity contribution in [2.24, 2.45) is 0 Å². The average molecular weight is 301 g/mol. The van der Waals surface area contributed by atoms with E-state index in [1.807, 2.05) is 0 Å². The second-order valence-corrected chi connectivity index (χ2v) is 6.63. The summed E-state index contributed by atoms with van der Waals surface area (Å²) in [6.45, 7) is 1.83. The van der Waals surface area contributed by atoms with Gasteiger partial charge in [-0.15, -0.1) is 0 Å². The lowest BCUT2D eigenvalue weighted by Gasteiger charge is -2.46. The first-order valence-electron chi connectivity index (χ1n) is 7.79. The average Bonchev–Trinajstić information content (AvgIpc) is 3.06. The summed E-state index contributed by atoms with van der Waals surface area (Å²) in [5.74, 6) is 1.61. The van der Waals surface area contributed by atoms with E-state index in [0.717, 1.165) is 24.5 Å². The predicted octanol–water partition coefficient (Wildman–Crippen LogP) is 1.19. The Morgan fingerprint density at radius 2 is 2.14 bits per heavy atom. The van der Waals surface area contributed by atoms with E-state index in [1.54, 1.807) is 7.11 Å². The Bertz CT molecular complexity index is 673. The van der Waals surface area contributed by atoms with Gasteiger partial charge in [0.25, 0.3) is 0 Å². The molecular weight excluding hydrogens is 282 g/mol. The van der Waals surface area contributed by atoms with Gasteiger partial charge in [0.2, 0.25) is 6.79 Å². The molecule has 0 radical (unpaired) electrons. The summed E-state index contributed by atoms with van der Waals surface area (Å²) in [6, 6.07) is 4.44. The van der Waals surface area contributed by atoms with E-state index < -0.39 is 6.10 Å². The molecule has 5 heteroatoms. The lowest BCUT2D eigenvalue weighted by atomic mass is 9.65. The maximum atomic E-state index is 10.8. The quantitative estimate of drug-likeness (QED) is 0.790. The van der Waals surface area contributed by atoms with Crippen LogP contribution in [0.3, 0.4) is 0 Å². The van der Waals surface area contributed by atoms with E-state index >= 15 is 0 Å². The van der Waals surface area contributed by atoms with Crippen LogP contribution in [0.4, 0.5) is 0 Å². The summed E-state index contributed by atoms with van der Waals surface area (Å²) < 4.78 is 16.6. The Morgan fingerprint density at radius 1 is 1.32 bits per heavy atom. The molecule has 1 unspecified atom stereocenters. The highest BCUT2D eigenvalue weighted by Crippen LogP contribution is 2.53. The largest absolute Gasteiger partial charge is 0.454 e. The van der Waals surface area contributed by atoms with Crippen LogP contribution in [0.15, 0.2) is 24.3 Å². The second kappa shape index (κ2) is 4.25. The highest BCUT2D eigenvalue weighted by Gasteiger charge is 2.58. The zero-order valence-electron chi connectivity index (χ0n) is 12.5. The van der Waals surface area contributed by atoms with Crippen molar-refractivity contribution in [2.75, 3.05) is 20.4 Å². The summed E-state index contributed by atoms with van der Waals surface area (Å²) >= 11 is 0. The van der Waals surface area contributed by atoms with E-state index in [0.29, 0.717) is 6.54 Å². The Balaban J connectivity index is 1.72. The number of aliphatic hydroxyl groups excluding tert-OH is 1. The smallest absolute Gasteiger partial charge is 0.231 e. The van der Waals surface area contributed by atoms with Crippen LogP contribution in [0.2, 0.25) is 0 Å². The minimum Gasteiger partial charge on any atom is -0.454 e. The van der Waals surface area contributed by atoms with Gasteiger partial charge in [-0.2, -0.15) is 0 Å². The Labute approximate surface area is 129 Å². The van der Waals surface area contributed by atoms with E-state index in [4.69, 9.17) is 14.2 Å². The van der Waals surface area contributed by atoms with Gasteiger partial charge in [-0.1, -0.05) is 12.2 Å². The van der Waals surface area contributed by atoms with E-state index in [9.17, 15) is 5.11 Å². The SMILES string of the molecule is CO[C@@H]1C=C[C@]23c4cc5c(cc4CN(C[C@@H]2O)[C@H]3C1)OCO5. The molecule has 3 aliphatic heterocycles. The maximum absolute atomic E-state index is 10.8. The van der Waals surface area contributed by atoms with Crippen molar-refractivity contribution in [3.05, 3.63) is 35.4 Å². The number of methoxy groups -OCH3 is 1. The topological polar surface area (TPSA) is 51.2 Å². The van der Waals surface area contributed by atoms with Gasteiger partial charge in [0.05, 0.1) is 17.6 Å². The third-order valence-electron chi connectivity index (χ3n) is 5.73. The molecular formula is C17H19NO4. The van der Waals surface area contributed by atoms with Crippen molar-refractivity contribution in [3.8, 4) is 11.5 Å². The molecule has 0 saturated carbocycles. The first kappa shape index (κ1) is 12.9. The molecule has 1 N–H and O–H groups in total. The van der Waals surface area contributed by atoms with Crippen molar-refractivity contribution in [1.82, 2.24) is 4.90 Å². The number of ether oxygens (including phenoxy) is 3. The predicted molar refractivity (Wildman–Crippen MR) is 79.0 cm³/mol. The number of hydrogen-bond donors (Lipinski definition) is 1. The lowest BCUT2D eigenvalue weighted by molar-refractivity contribution is 0.0660. The molecule has 1 aromatic carbocycles. The molecule has 5 rings (SSSR count). The number of hydrogen-bond acceptors (Lipinski definition) is 5. The normalized spacial score (nSPS) is 40.5. The zero-order chi connectivity index (χ0) is 14.9. The number of fused-ring (bicyclic) bond motifs is 2. The molecule has 0 aromatic heterocycles. The molecule has 1 aromatic rings. The molecule has 4 aliphatic rings. The summed E-state index contributed by atoms with van der Waals surface area (Å²) in [5, 5.41) is 10.8. The molecule has 1 fully saturated rings. The fraction of sp³-hybridized carbons (Fsp3) is 0.529. The molecule has 1 saturated heterocycles. The number of nitrogens with zero attached hydrogens (tertiary/aromatic N) is 1. The lowest BCUT2D eigenvalue weighted by Crippen LogP contribution is -2.52. The highest BCUT2D eigenvalue weighted by atomic mass is 16.7. The van der Waals surface area contributed by atoms with Crippen LogP contribution in [0.1, 0.15) is 17.5 Å². The number of benzene rings is 1. The summed E-state index contributed by atoms with van der Waals surface area (Å²) in [5.41, 5.74) is 2.08. The van der Waals surface area contributed by atoms with Crippen molar-refractivity contribution in [3.63, 3.8) is 0 Å². The second-order valence-electron chi connectivity index (χ2n) is 6.63. The molecule has 5 atom stereocenters. The van der Waals surface area contributed by atoms with E-state index in [2.05, 4.69) is 29.2 Å². The fourth-order valence-electron chi connectivity index (χ4n) is 4.69. The monoisotopic (exact) mass is 301 g/mol. The van der Waals surface area contributed by atoms with Crippen molar-refractivity contribution in [2.45, 2.75) is 36.6 Å². The Morgan fingerprint density at radius 3 is 2.95 bits per heavy atom. The third kappa shape index (κ3) is 1.44. The maximum Gasteiger partial charge on any atom is 0.231 e. The Kier molecular flexibility index (Phi) is 2.50. The minimum atomic E-state index is -0.395. The first-order valence-corrected chi connectivity index (χ1v) is 7.79. The molecule has 116 valence electrons. The summed E-state index contributed by atoms with van der Waals surface area (Å²) in [6.07, 6.45) is 4.91. The van der Waals surface area contributed by atoms with Gasteiger partial charge in [-0.05, 0) is 29.7 Å². The standard InChI is InChI=1S/C17H19NO4/c1-20-11-2-3-17-12-6-14-13(21-9-22-14)4-10(12)7-18(8-16(17)19)15(17)5-11/h2-4,6,11,15-16,19H,5,7-9H2,1H3/t11-,15+,16+,17-/m1/s1. The van der Waals surface area contributed by atoms with E-state index in [-0.39, 0.29) is 24.4 Å². The van der Waals surface area contributed by atoms with Crippen LogP contribution < -0.4 is 9.47 Å². The fourth-order valence-corrected chi connectivity index (χ4v) is 4.69. The number of aliphatic hydroxyl groups is 1. The van der Waals surface area contributed by atoms with Gasteiger partial charge in [0.15, 0.2) is 11.5 Å². The molecule has 2 bridgehead atoms. The molecule has 22 heavy (non-hydrogen) atoms. The molecule has 5 nitrogen and oxygen atoms in total. The van der Waals surface area contributed by atoms with Crippen LogP contribution in [-0.2, 0) is 16.7 Å². The van der Waals surface area contributed by atoms with E-state index in [1.165, 1.54) is 11.1 Å². The van der Waals surface area contributed by atoms with Crippen LogP contribution in [0.25, 0.3) is 0 Å². The minimum absolute atomic E-state index is 0.126. The third-order valence-corrected chi connectivity index (χ3v) is 5.73. The van der Waals surface area contributed by atoms with Crippen molar-refractivity contribution < 1.29 is 19.3 Å². The van der Waals surface area contributed by atoms with Crippen LogP contribution in [-0.4, -0.2) is 48.7 Å². The Hall–Kier alpha value is -1.56. The van der Waals surface area contributed by atoms with Gasteiger partial charge in [-0.3, -0.25) is 4.90 Å². The van der Waals surface area contributed by atoms with Crippen molar-refractivity contribution in [1.29, 1.82) is 0 Å². The molecule has 0 spiro atoms. The zero-order valence-corrected chi connectivity index (χ0v) is 12.5. The van der Waals surface area contributed by atoms with Crippen LogP contribution in [0.5, 0.6) is 11.5 Å². The summed E-state index contributed by atoms with van der Waals surface area (Å²) in [7, 11) is 1.75. The highest BCUT2D eigenvalue weighted by molar-refractivity contribution is 5.56. The van der Waals surface area contributed by atoms with Gasteiger partial charge >= 0.3 is 0 Å². The van der Waals surface area contributed by atoms with Crippen LogP contribution >= 0.6 is 0 Å². The molecule has 0 amide bonds.